The summed E-state index contributed by atoms with van der Waals surface area (Å²) in [4.78, 5) is 0. The number of hydrogen-bond donors (Lipinski definition) is 4. The zero-order chi connectivity index (χ0) is 6.62. The second-order valence-electron chi connectivity index (χ2n) is 1.48. The van der Waals surface area contributed by atoms with Gasteiger partial charge in [-0.25, -0.2) is 0 Å². The van der Waals surface area contributed by atoms with Crippen molar-refractivity contribution in [3.05, 3.63) is 0 Å². The molecule has 0 saturated carbocycles. The second kappa shape index (κ2) is 3.13. The molecule has 4 nitrogen and oxygen atoms in total. The Hall–Kier alpha value is 0.0300. The van der Waals surface area contributed by atoms with Crippen LogP contribution in [-0.4, -0.2) is 37.3 Å². The predicted molar refractivity (Wildman–Crippen MR) is 30.8 cm³/mol. The molecule has 0 saturated heterocycles. The van der Waals surface area contributed by atoms with Crippen molar-refractivity contribution in [2.45, 2.75) is 0 Å². The Bertz CT molecular complexity index is 82.4. The van der Waals surface area contributed by atoms with Crippen molar-refractivity contribution in [1.82, 2.24) is 0 Å². The Morgan fingerprint density at radius 2 is 1.25 bits per heavy atom. The quantitative estimate of drug-likeness (QED) is 0.339. The zero-order valence-corrected chi connectivity index (χ0v) is 5.21. The third kappa shape index (κ3) is 1.87. The Morgan fingerprint density at radius 3 is 1.25 bits per heavy atom. The summed E-state index contributed by atoms with van der Waals surface area (Å²) in [5.41, 5.74) is 0. The van der Waals surface area contributed by atoms with Crippen LogP contribution in [0.5, 0.6) is 0 Å². The van der Waals surface area contributed by atoms with E-state index in [1.165, 1.54) is 0 Å². The van der Waals surface area contributed by atoms with Crippen LogP contribution in [0.25, 0.3) is 0 Å². The van der Waals surface area contributed by atoms with Gasteiger partial charge in [-0.3, -0.25) is 4.21 Å². The highest BCUT2D eigenvalue weighted by atomic mass is 32.2. The molecule has 3 N–H and O–H groups in total. The summed E-state index contributed by atoms with van der Waals surface area (Å²) in [6, 6.07) is 0. The van der Waals surface area contributed by atoms with Crippen LogP contribution in [-0.2, 0) is 9.93 Å². The average Bonchev–Trinajstić information content (AvgIpc) is 1.87. The Labute approximate surface area is 48.2 Å². The lowest BCUT2D eigenvalue weighted by atomic mass is 11.6. The maximum atomic E-state index is 10.6. The summed E-state index contributed by atoms with van der Waals surface area (Å²) in [7, 11) is -3.00. The minimum absolute atomic E-state index is 0.625. The highest BCUT2D eigenvalue weighted by Crippen LogP contribution is 1.96. The molecule has 0 atom stereocenters. The number of hydrogen-bond acceptors (Lipinski definition) is 4. The molecule has 8 heavy (non-hydrogen) atoms. The minimum Gasteiger partial charge on any atom is -0.385 e. The molecule has 0 heterocycles. The average molecular weight is 142 g/mol. The van der Waals surface area contributed by atoms with Crippen LogP contribution < -0.4 is 0 Å². The summed E-state index contributed by atoms with van der Waals surface area (Å²) >= 11 is 0. The van der Waals surface area contributed by atoms with E-state index in [0.717, 1.165) is 0 Å². The van der Waals surface area contributed by atoms with Gasteiger partial charge in [0.15, 0.2) is 0 Å². The van der Waals surface area contributed by atoms with Gasteiger partial charge in [0.2, 0.25) is 0 Å². The van der Waals surface area contributed by atoms with Gasteiger partial charge >= 0.3 is 0 Å². The van der Waals surface area contributed by atoms with Crippen molar-refractivity contribution in [3.8, 4) is 0 Å². The van der Waals surface area contributed by atoms with Gasteiger partial charge in [0.25, 0.3) is 0 Å². The van der Waals surface area contributed by atoms with E-state index in [9.17, 15) is 4.21 Å². The molecule has 0 spiro atoms. The molecule has 5 heteroatoms. The van der Waals surface area contributed by atoms with E-state index in [1.807, 2.05) is 0 Å². The van der Waals surface area contributed by atoms with E-state index in [2.05, 4.69) is 0 Å². The molecule has 0 unspecified atom stereocenters. The second-order valence-corrected chi connectivity index (χ2v) is 4.45. The summed E-state index contributed by atoms with van der Waals surface area (Å²) in [5, 5.41) is 24.6. The van der Waals surface area contributed by atoms with Crippen LogP contribution in [0.15, 0.2) is 0 Å². The number of aliphatic hydroxyl groups is 3. The first-order chi connectivity index (χ1) is 3.68. The molecule has 0 bridgehead atoms. The Balaban J connectivity index is 3.79. The van der Waals surface area contributed by atoms with Crippen molar-refractivity contribution in [2.24, 2.45) is 0 Å². The van der Waals surface area contributed by atoms with Gasteiger partial charge in [-0.15, -0.1) is 0 Å². The van der Waals surface area contributed by atoms with E-state index >= 15 is 0 Å². The minimum atomic E-state index is -3.00. The monoisotopic (exact) mass is 142 g/mol. The molecule has 0 aliphatic rings. The van der Waals surface area contributed by atoms with Gasteiger partial charge < -0.3 is 15.3 Å². The maximum absolute atomic E-state index is 10.6. The van der Waals surface area contributed by atoms with Crippen LogP contribution in [0.3, 0.4) is 0 Å². The van der Waals surface area contributed by atoms with E-state index in [1.54, 1.807) is 0 Å². The number of aliphatic hydroxyl groups excluding tert-OH is 3. The highest BCUT2D eigenvalue weighted by molar-refractivity contribution is 8.02. The predicted octanol–water partition coefficient (Wildman–Crippen LogP) is -2.15. The van der Waals surface area contributed by atoms with Crippen LogP contribution in [0.1, 0.15) is 0 Å². The molecule has 0 aromatic carbocycles. The van der Waals surface area contributed by atoms with Crippen LogP contribution in [0, 0.1) is 0 Å². The molecule has 0 aliphatic carbocycles. The molecule has 0 rings (SSSR count). The number of thiol groups is 1. The molecule has 52 valence electrons. The molecule has 0 aromatic rings. The smallest absolute Gasteiger partial charge is 0.100 e. The molecular formula is C3H10O4S. The third-order valence-corrected chi connectivity index (χ3v) is 2.32. The number of rotatable bonds is 3. The van der Waals surface area contributed by atoms with Crippen LogP contribution >= 0.6 is 0 Å². The van der Waals surface area contributed by atoms with E-state index in [0.29, 0.717) is 0 Å². The maximum Gasteiger partial charge on any atom is 0.100 e. The van der Waals surface area contributed by atoms with Gasteiger partial charge in [-0.2, -0.15) is 0 Å². The highest BCUT2D eigenvalue weighted by Gasteiger charge is 2.08. The summed E-state index contributed by atoms with van der Waals surface area (Å²) < 4.78 is 10.6. The van der Waals surface area contributed by atoms with E-state index in [-0.39, 0.29) is 0 Å². The van der Waals surface area contributed by atoms with Crippen LogP contribution in [0.4, 0.5) is 0 Å². The van der Waals surface area contributed by atoms with Gasteiger partial charge in [-0.05, 0) is 9.93 Å². The standard InChI is InChI=1S/C3H10O4S/c4-1-8(7,2-5)3-6/h4-6,8H,1-3H2. The fraction of sp³-hybridized carbons (Fsp3) is 1.00. The van der Waals surface area contributed by atoms with Crippen molar-refractivity contribution in [2.75, 3.05) is 17.8 Å². The summed E-state index contributed by atoms with van der Waals surface area (Å²) in [6.07, 6.45) is 0. The first-order valence-electron chi connectivity index (χ1n) is 2.08. The first kappa shape index (κ1) is 8.03. The summed E-state index contributed by atoms with van der Waals surface area (Å²) in [5.74, 6) is -1.88. The lowest BCUT2D eigenvalue weighted by Gasteiger charge is -2.12. The first-order valence-corrected chi connectivity index (χ1v) is 4.34. The van der Waals surface area contributed by atoms with Gasteiger partial charge in [0.1, 0.15) is 17.8 Å². The zero-order valence-electron chi connectivity index (χ0n) is 4.32. The van der Waals surface area contributed by atoms with Crippen molar-refractivity contribution in [1.29, 1.82) is 0 Å². The fourth-order valence-electron chi connectivity index (χ4n) is 0.134. The molecule has 0 aromatic heterocycles. The van der Waals surface area contributed by atoms with Gasteiger partial charge in [0.05, 0.1) is 0 Å². The van der Waals surface area contributed by atoms with Crippen molar-refractivity contribution >= 4 is 9.93 Å². The largest absolute Gasteiger partial charge is 0.385 e. The molecule has 0 amide bonds. The summed E-state index contributed by atoms with van der Waals surface area (Å²) in [6.45, 7) is 0. The van der Waals surface area contributed by atoms with Gasteiger partial charge in [0, 0.05) is 0 Å². The topological polar surface area (TPSA) is 77.8 Å². The third-order valence-electron chi connectivity index (χ3n) is 0.773. The molecule has 0 fully saturated rings. The van der Waals surface area contributed by atoms with Crippen molar-refractivity contribution < 1.29 is 19.5 Å². The normalized spacial score (nSPS) is 13.9. The van der Waals surface area contributed by atoms with E-state index in [4.69, 9.17) is 15.3 Å². The lowest BCUT2D eigenvalue weighted by molar-refractivity contribution is 0.310. The molecule has 0 aliphatic heterocycles. The van der Waals surface area contributed by atoms with Gasteiger partial charge in [-0.1, -0.05) is 0 Å². The fourth-order valence-corrected chi connectivity index (χ4v) is 0.402. The Kier molecular flexibility index (Phi) is 3.15. The van der Waals surface area contributed by atoms with Crippen LogP contribution in [0.2, 0.25) is 0 Å². The van der Waals surface area contributed by atoms with E-state index < -0.39 is 27.7 Å². The molecule has 0 radical (unpaired) electrons. The molecular weight excluding hydrogens is 132 g/mol. The SMILES string of the molecule is O=[SH](CO)(CO)CO. The lowest BCUT2D eigenvalue weighted by Crippen LogP contribution is -2.24. The van der Waals surface area contributed by atoms with Crippen molar-refractivity contribution in [3.63, 3.8) is 0 Å². The Morgan fingerprint density at radius 1 is 1.00 bits per heavy atom.